The Kier molecular flexibility index (Phi) is 9.97. The monoisotopic (exact) mass is 504 g/mol. The molecule has 170 valence electrons. The van der Waals surface area contributed by atoms with E-state index in [0.717, 1.165) is 15.6 Å². The molecule has 0 fully saturated rings. The van der Waals surface area contributed by atoms with Gasteiger partial charge in [0.25, 0.3) is 0 Å². The molecule has 6 N–H and O–H groups in total. The quantitative estimate of drug-likeness (QED) is 0.168. The number of nitrogens with zero attached hydrogens (tertiary/aromatic N) is 3. The van der Waals surface area contributed by atoms with Gasteiger partial charge in [-0.05, 0) is 6.92 Å². The van der Waals surface area contributed by atoms with Crippen LogP contribution in [0.25, 0.3) is 0 Å². The standard InChI is InChI=1S/C14H22N4O8P2S.ClH/c1-9-12(4-6-25-28(23,24)26-27(20,21)22)29-13(3-5-19)18(9)8-11-7-16-10(2)17-14(11)15;/h7,19H,3-6,8H2,1-2H3,(H4-,15,16,17,20,21,22,23,24);1H. The maximum absolute atomic E-state index is 11.5. The number of halogens is 1. The summed E-state index contributed by atoms with van der Waals surface area (Å²) in [7, 11) is -10.0. The first kappa shape index (κ1) is 27.1. The molecule has 0 saturated heterocycles. The fraction of sp³-hybridized carbons (Fsp3) is 0.500. The fourth-order valence-electron chi connectivity index (χ4n) is 2.55. The minimum Gasteiger partial charge on any atom is -1.00 e. The molecule has 0 aromatic carbocycles. The minimum absolute atomic E-state index is 0. The Hall–Kier alpha value is -0.980. The lowest BCUT2D eigenvalue weighted by Gasteiger charge is -2.11. The molecule has 16 heteroatoms. The van der Waals surface area contributed by atoms with Gasteiger partial charge in [-0.2, -0.15) is 8.88 Å². The first-order valence-corrected chi connectivity index (χ1v) is 12.2. The van der Waals surface area contributed by atoms with Gasteiger partial charge in [-0.15, -0.1) is 0 Å². The molecule has 2 aromatic rings. The molecule has 0 bridgehead atoms. The molecule has 12 nitrogen and oxygen atoms in total. The zero-order chi connectivity index (χ0) is 21.8. The van der Waals surface area contributed by atoms with Crippen molar-refractivity contribution in [3.05, 3.63) is 33.2 Å². The molecule has 0 aliphatic rings. The van der Waals surface area contributed by atoms with Crippen LogP contribution < -0.4 is 22.7 Å². The summed E-state index contributed by atoms with van der Waals surface area (Å²) in [6.45, 7) is 3.57. The Morgan fingerprint density at radius 3 is 2.47 bits per heavy atom. The summed E-state index contributed by atoms with van der Waals surface area (Å²) in [5.41, 5.74) is 7.49. The lowest BCUT2D eigenvalue weighted by Crippen LogP contribution is -3.00. The zero-order valence-corrected chi connectivity index (χ0v) is 19.5. The Balaban J connectivity index is 0.00000450. The summed E-state index contributed by atoms with van der Waals surface area (Å²) >= 11 is 1.38. The SMILES string of the molecule is Cc1ncc(C[n+]2c(CCO)sc(CCOP(=O)(O)OP(=O)(O)O)c2C)c(N)n1.[Cl-]. The number of hydrogen-bond donors (Lipinski definition) is 5. The summed E-state index contributed by atoms with van der Waals surface area (Å²) in [6.07, 6.45) is 2.21. The van der Waals surface area contributed by atoms with Gasteiger partial charge < -0.3 is 37.9 Å². The van der Waals surface area contributed by atoms with Crippen molar-refractivity contribution in [2.75, 3.05) is 18.9 Å². The Morgan fingerprint density at radius 1 is 1.23 bits per heavy atom. The highest BCUT2D eigenvalue weighted by atomic mass is 35.5. The van der Waals surface area contributed by atoms with Crippen LogP contribution in [0.1, 0.15) is 27.0 Å². The number of nitrogen functional groups attached to an aromatic ring is 1. The van der Waals surface area contributed by atoms with Gasteiger partial charge in [0.2, 0.25) is 5.01 Å². The van der Waals surface area contributed by atoms with E-state index in [1.807, 2.05) is 11.5 Å². The number of rotatable bonds is 10. The van der Waals surface area contributed by atoms with Crippen molar-refractivity contribution in [1.82, 2.24) is 9.97 Å². The van der Waals surface area contributed by atoms with E-state index in [9.17, 15) is 19.1 Å². The second-order valence-corrected chi connectivity index (χ2v) is 10.0. The van der Waals surface area contributed by atoms with Crippen LogP contribution in [0.3, 0.4) is 0 Å². The summed E-state index contributed by atoms with van der Waals surface area (Å²) in [4.78, 5) is 35.7. The van der Waals surface area contributed by atoms with Crippen LogP contribution in [0, 0.1) is 13.8 Å². The minimum atomic E-state index is -5.16. The van der Waals surface area contributed by atoms with Crippen LogP contribution in [-0.2, 0) is 37.4 Å². The van der Waals surface area contributed by atoms with Crippen molar-refractivity contribution in [2.45, 2.75) is 33.2 Å². The van der Waals surface area contributed by atoms with Gasteiger partial charge in [0.05, 0.1) is 30.1 Å². The third-order valence-corrected chi connectivity index (χ3v) is 7.41. The zero-order valence-electron chi connectivity index (χ0n) is 16.1. The first-order valence-electron chi connectivity index (χ1n) is 8.36. The summed E-state index contributed by atoms with van der Waals surface area (Å²) in [5.74, 6) is 0.906. The third-order valence-electron chi connectivity index (χ3n) is 3.82. The van der Waals surface area contributed by atoms with Gasteiger partial charge >= 0.3 is 15.6 Å². The molecule has 1 unspecified atom stereocenters. The van der Waals surface area contributed by atoms with Gasteiger partial charge in [0.15, 0.2) is 12.2 Å². The number of aryl methyl sites for hydroxylation is 1. The molecular formula is C14H23ClN4O8P2S. The van der Waals surface area contributed by atoms with E-state index >= 15 is 0 Å². The van der Waals surface area contributed by atoms with Crippen molar-refractivity contribution in [1.29, 1.82) is 0 Å². The molecule has 0 radical (unpaired) electrons. The van der Waals surface area contributed by atoms with Gasteiger partial charge in [-0.1, -0.05) is 11.3 Å². The molecule has 1 atom stereocenters. The molecule has 2 aromatic heterocycles. The summed E-state index contributed by atoms with van der Waals surface area (Å²) < 4.78 is 32.6. The van der Waals surface area contributed by atoms with Crippen molar-refractivity contribution in [3.8, 4) is 0 Å². The van der Waals surface area contributed by atoms with Crippen LogP contribution in [0.4, 0.5) is 5.82 Å². The number of hydrogen-bond acceptors (Lipinski definition) is 9. The molecule has 0 spiro atoms. The highest BCUT2D eigenvalue weighted by molar-refractivity contribution is 7.60. The first-order chi connectivity index (χ1) is 13.4. The van der Waals surface area contributed by atoms with Crippen LogP contribution in [0.2, 0.25) is 0 Å². The average molecular weight is 505 g/mol. The molecule has 30 heavy (non-hydrogen) atoms. The Morgan fingerprint density at radius 2 is 1.90 bits per heavy atom. The van der Waals surface area contributed by atoms with E-state index in [1.54, 1.807) is 13.1 Å². The van der Waals surface area contributed by atoms with Gasteiger partial charge in [0, 0.05) is 19.5 Å². The summed E-state index contributed by atoms with van der Waals surface area (Å²) in [6, 6.07) is 0. The number of thiazole rings is 1. The van der Waals surface area contributed by atoms with Crippen LogP contribution in [0.5, 0.6) is 0 Å². The van der Waals surface area contributed by atoms with E-state index in [2.05, 4.69) is 18.8 Å². The molecule has 0 aliphatic carbocycles. The number of aliphatic hydroxyl groups is 1. The van der Waals surface area contributed by atoms with Gasteiger partial charge in [-0.25, -0.2) is 19.1 Å². The smallest absolute Gasteiger partial charge is 0.481 e. The highest BCUT2D eigenvalue weighted by Gasteiger charge is 2.32. The van der Waals surface area contributed by atoms with E-state index < -0.39 is 15.6 Å². The van der Waals surface area contributed by atoms with Crippen molar-refractivity contribution in [2.24, 2.45) is 0 Å². The number of phosphoric ester groups is 1. The molecule has 2 heterocycles. The average Bonchev–Trinajstić information content (AvgIpc) is 2.84. The van der Waals surface area contributed by atoms with Crippen LogP contribution in [0.15, 0.2) is 6.20 Å². The van der Waals surface area contributed by atoms with E-state index in [0.29, 0.717) is 30.2 Å². The highest BCUT2D eigenvalue weighted by Crippen LogP contribution is 2.57. The number of phosphoric acid groups is 2. The fourth-order valence-corrected chi connectivity index (χ4v) is 5.36. The van der Waals surface area contributed by atoms with Crippen LogP contribution >= 0.6 is 27.0 Å². The molecule has 0 aliphatic heterocycles. The van der Waals surface area contributed by atoms with Crippen LogP contribution in [-0.4, -0.2) is 43.0 Å². The second kappa shape index (κ2) is 11.1. The molecule has 0 amide bonds. The lowest BCUT2D eigenvalue weighted by atomic mass is 10.2. The maximum atomic E-state index is 11.5. The number of nitrogens with two attached hydrogens (primary N) is 1. The van der Waals surface area contributed by atoms with Crippen molar-refractivity contribution >= 4 is 32.8 Å². The topological polar surface area (TPSA) is 189 Å². The predicted molar refractivity (Wildman–Crippen MR) is 103 cm³/mol. The second-order valence-electron chi connectivity index (χ2n) is 6.02. The van der Waals surface area contributed by atoms with E-state index in [1.165, 1.54) is 11.3 Å². The summed E-state index contributed by atoms with van der Waals surface area (Å²) in [5, 5.41) is 10.2. The van der Waals surface area contributed by atoms with Crippen molar-refractivity contribution < 1.29 is 54.7 Å². The number of aromatic nitrogens is 3. The third kappa shape index (κ3) is 7.93. The van der Waals surface area contributed by atoms with Gasteiger partial charge in [0.1, 0.15) is 11.6 Å². The Bertz CT molecular complexity index is 970. The van der Waals surface area contributed by atoms with E-state index in [-0.39, 0.29) is 32.0 Å². The van der Waals surface area contributed by atoms with Gasteiger partial charge in [-0.3, -0.25) is 4.52 Å². The molecule has 0 saturated carbocycles. The normalized spacial score (nSPS) is 13.7. The lowest BCUT2D eigenvalue weighted by molar-refractivity contribution is -0.696. The predicted octanol–water partition coefficient (Wildman–Crippen LogP) is -2.62. The molecular weight excluding hydrogens is 482 g/mol. The number of anilines is 1. The molecule has 2 rings (SSSR count). The largest absolute Gasteiger partial charge is 1.00 e. The maximum Gasteiger partial charge on any atom is 0.481 e. The Labute approximate surface area is 183 Å². The van der Waals surface area contributed by atoms with E-state index in [4.69, 9.17) is 15.5 Å². The number of aliphatic hydroxyl groups excluding tert-OH is 1. The van der Waals surface area contributed by atoms with Crippen molar-refractivity contribution in [3.63, 3.8) is 0 Å².